The van der Waals surface area contributed by atoms with Gasteiger partial charge >= 0.3 is 0 Å². The lowest BCUT2D eigenvalue weighted by atomic mass is 10.1. The third-order valence-electron chi connectivity index (χ3n) is 2.85. The number of rotatable bonds is 6. The number of ether oxygens (including phenoxy) is 1. The van der Waals surface area contributed by atoms with Crippen molar-refractivity contribution in [1.82, 2.24) is 5.32 Å². The van der Waals surface area contributed by atoms with Crippen molar-refractivity contribution in [2.45, 2.75) is 32.7 Å². The molecule has 18 heavy (non-hydrogen) atoms. The molecule has 0 spiro atoms. The van der Waals surface area contributed by atoms with Crippen molar-refractivity contribution in [3.63, 3.8) is 0 Å². The Labute approximate surface area is 109 Å². The maximum Gasteiger partial charge on any atom is 0.244 e. The van der Waals surface area contributed by atoms with Crippen molar-refractivity contribution in [3.8, 4) is 5.75 Å². The summed E-state index contributed by atoms with van der Waals surface area (Å²) in [5.41, 5.74) is 0.953. The molecule has 0 saturated heterocycles. The van der Waals surface area contributed by atoms with Crippen LogP contribution in [0.2, 0.25) is 0 Å². The Hall–Kier alpha value is -1.77. The Balaban J connectivity index is 2.59. The van der Waals surface area contributed by atoms with E-state index >= 15 is 0 Å². The fourth-order valence-corrected chi connectivity index (χ4v) is 1.66. The zero-order chi connectivity index (χ0) is 13.4. The van der Waals surface area contributed by atoms with E-state index in [9.17, 15) is 4.79 Å². The SMILES string of the molecule is CCC(CC)NC(=O)/C=C/c1cccc(OC)c1. The van der Waals surface area contributed by atoms with Gasteiger partial charge in [-0.25, -0.2) is 0 Å². The van der Waals surface area contributed by atoms with Gasteiger partial charge in [0.15, 0.2) is 0 Å². The second-order valence-corrected chi connectivity index (χ2v) is 4.13. The van der Waals surface area contributed by atoms with E-state index in [1.807, 2.05) is 24.3 Å². The summed E-state index contributed by atoms with van der Waals surface area (Å²) in [5, 5.41) is 2.96. The van der Waals surface area contributed by atoms with Gasteiger partial charge in [-0.15, -0.1) is 0 Å². The number of amides is 1. The van der Waals surface area contributed by atoms with Gasteiger partial charge in [0.1, 0.15) is 5.75 Å². The van der Waals surface area contributed by atoms with Crippen LogP contribution < -0.4 is 10.1 Å². The molecule has 98 valence electrons. The number of benzene rings is 1. The first-order chi connectivity index (χ1) is 8.69. The molecule has 1 amide bonds. The Morgan fingerprint density at radius 1 is 1.39 bits per heavy atom. The minimum Gasteiger partial charge on any atom is -0.497 e. The Morgan fingerprint density at radius 3 is 2.72 bits per heavy atom. The van der Waals surface area contributed by atoms with Gasteiger partial charge < -0.3 is 10.1 Å². The van der Waals surface area contributed by atoms with E-state index in [0.717, 1.165) is 24.2 Å². The Kier molecular flexibility index (Phi) is 5.98. The van der Waals surface area contributed by atoms with Crippen molar-refractivity contribution in [2.24, 2.45) is 0 Å². The molecule has 0 heterocycles. The summed E-state index contributed by atoms with van der Waals surface area (Å²) >= 11 is 0. The summed E-state index contributed by atoms with van der Waals surface area (Å²) in [7, 11) is 1.63. The Morgan fingerprint density at radius 2 is 2.11 bits per heavy atom. The standard InChI is InChI=1S/C15H21NO2/c1-4-13(5-2)16-15(17)10-9-12-7-6-8-14(11-12)18-3/h6-11,13H,4-5H2,1-3H3,(H,16,17)/b10-9+. The van der Waals surface area contributed by atoms with E-state index in [4.69, 9.17) is 4.74 Å². The highest BCUT2D eigenvalue weighted by Gasteiger charge is 2.04. The lowest BCUT2D eigenvalue weighted by Crippen LogP contribution is -2.32. The lowest BCUT2D eigenvalue weighted by molar-refractivity contribution is -0.117. The molecule has 0 radical (unpaired) electrons. The molecular weight excluding hydrogens is 226 g/mol. The highest BCUT2D eigenvalue weighted by atomic mass is 16.5. The number of hydrogen-bond donors (Lipinski definition) is 1. The molecular formula is C15H21NO2. The largest absolute Gasteiger partial charge is 0.497 e. The first-order valence-electron chi connectivity index (χ1n) is 6.32. The van der Waals surface area contributed by atoms with Crippen LogP contribution >= 0.6 is 0 Å². The van der Waals surface area contributed by atoms with Crippen LogP contribution in [0.5, 0.6) is 5.75 Å². The van der Waals surface area contributed by atoms with Crippen LogP contribution in [-0.2, 0) is 4.79 Å². The predicted octanol–water partition coefficient (Wildman–Crippen LogP) is 3.01. The molecule has 0 aliphatic carbocycles. The number of carbonyl (C=O) groups excluding carboxylic acids is 1. The highest BCUT2D eigenvalue weighted by Crippen LogP contribution is 2.13. The number of methoxy groups -OCH3 is 1. The fraction of sp³-hybridized carbons (Fsp3) is 0.400. The second-order valence-electron chi connectivity index (χ2n) is 4.13. The average molecular weight is 247 g/mol. The molecule has 0 aliphatic heterocycles. The van der Waals surface area contributed by atoms with E-state index in [2.05, 4.69) is 19.2 Å². The van der Waals surface area contributed by atoms with Crippen LogP contribution in [-0.4, -0.2) is 19.1 Å². The second kappa shape index (κ2) is 7.54. The van der Waals surface area contributed by atoms with E-state index in [0.29, 0.717) is 0 Å². The number of carbonyl (C=O) groups is 1. The highest BCUT2D eigenvalue weighted by molar-refractivity contribution is 5.91. The van der Waals surface area contributed by atoms with Crippen LogP contribution in [0.1, 0.15) is 32.3 Å². The topological polar surface area (TPSA) is 38.3 Å². The van der Waals surface area contributed by atoms with Crippen LogP contribution in [0.3, 0.4) is 0 Å². The molecule has 0 aliphatic rings. The molecule has 0 unspecified atom stereocenters. The average Bonchev–Trinajstić information content (AvgIpc) is 2.42. The van der Waals surface area contributed by atoms with Crippen LogP contribution in [0.15, 0.2) is 30.3 Å². The van der Waals surface area contributed by atoms with Crippen LogP contribution in [0, 0.1) is 0 Å². The fourth-order valence-electron chi connectivity index (χ4n) is 1.66. The van der Waals surface area contributed by atoms with Gasteiger partial charge in [0.2, 0.25) is 5.91 Å². The maximum absolute atomic E-state index is 11.7. The van der Waals surface area contributed by atoms with Gasteiger partial charge in [-0.2, -0.15) is 0 Å². The minimum atomic E-state index is -0.0495. The summed E-state index contributed by atoms with van der Waals surface area (Å²) < 4.78 is 5.13. The first kappa shape index (κ1) is 14.3. The zero-order valence-corrected chi connectivity index (χ0v) is 11.3. The van der Waals surface area contributed by atoms with Crippen LogP contribution in [0.25, 0.3) is 6.08 Å². The van der Waals surface area contributed by atoms with Crippen molar-refractivity contribution in [3.05, 3.63) is 35.9 Å². The van der Waals surface area contributed by atoms with Crippen LogP contribution in [0.4, 0.5) is 0 Å². The molecule has 0 bridgehead atoms. The van der Waals surface area contributed by atoms with Gasteiger partial charge in [-0.1, -0.05) is 26.0 Å². The summed E-state index contributed by atoms with van der Waals surface area (Å²) in [5.74, 6) is 0.740. The normalized spacial score (nSPS) is 10.9. The summed E-state index contributed by atoms with van der Waals surface area (Å²) in [6.45, 7) is 4.14. The third kappa shape index (κ3) is 4.62. The smallest absolute Gasteiger partial charge is 0.244 e. The minimum absolute atomic E-state index is 0.0495. The number of hydrogen-bond acceptors (Lipinski definition) is 2. The Bertz CT molecular complexity index is 409. The molecule has 0 saturated carbocycles. The van der Waals surface area contributed by atoms with Crippen molar-refractivity contribution >= 4 is 12.0 Å². The lowest BCUT2D eigenvalue weighted by Gasteiger charge is -2.12. The van der Waals surface area contributed by atoms with Crippen molar-refractivity contribution in [1.29, 1.82) is 0 Å². The van der Waals surface area contributed by atoms with Gasteiger partial charge in [0.25, 0.3) is 0 Å². The maximum atomic E-state index is 11.7. The van der Waals surface area contributed by atoms with E-state index in [-0.39, 0.29) is 11.9 Å². The molecule has 0 atom stereocenters. The van der Waals surface area contributed by atoms with Gasteiger partial charge in [-0.05, 0) is 36.6 Å². The molecule has 1 aromatic rings. The monoisotopic (exact) mass is 247 g/mol. The number of nitrogens with one attached hydrogen (secondary N) is 1. The predicted molar refractivity (Wildman–Crippen MR) is 74.5 cm³/mol. The quantitative estimate of drug-likeness (QED) is 0.785. The summed E-state index contributed by atoms with van der Waals surface area (Å²) in [4.78, 5) is 11.7. The molecule has 0 fully saturated rings. The van der Waals surface area contributed by atoms with Gasteiger partial charge in [-0.3, -0.25) is 4.79 Å². The molecule has 0 aromatic heterocycles. The molecule has 3 heteroatoms. The van der Waals surface area contributed by atoms with E-state index in [1.54, 1.807) is 19.3 Å². The summed E-state index contributed by atoms with van der Waals surface area (Å²) in [6, 6.07) is 7.86. The van der Waals surface area contributed by atoms with E-state index in [1.165, 1.54) is 0 Å². The summed E-state index contributed by atoms with van der Waals surface area (Å²) in [6.07, 6.45) is 5.26. The third-order valence-corrected chi connectivity index (χ3v) is 2.85. The van der Waals surface area contributed by atoms with Gasteiger partial charge in [0.05, 0.1) is 7.11 Å². The molecule has 1 rings (SSSR count). The first-order valence-corrected chi connectivity index (χ1v) is 6.32. The van der Waals surface area contributed by atoms with E-state index < -0.39 is 0 Å². The van der Waals surface area contributed by atoms with Gasteiger partial charge in [0, 0.05) is 12.1 Å². The van der Waals surface area contributed by atoms with Crippen molar-refractivity contribution < 1.29 is 9.53 Å². The zero-order valence-electron chi connectivity index (χ0n) is 11.3. The molecule has 3 nitrogen and oxygen atoms in total. The molecule has 1 N–H and O–H groups in total. The van der Waals surface area contributed by atoms with Crippen molar-refractivity contribution in [2.75, 3.05) is 7.11 Å². The molecule has 1 aromatic carbocycles.